The Kier molecular flexibility index (Phi) is 7.31. The molecule has 0 aromatic heterocycles. The lowest BCUT2D eigenvalue weighted by atomic mass is 10.0. The Hall–Kier alpha value is -3.00. The van der Waals surface area contributed by atoms with Crippen LogP contribution in [-0.4, -0.2) is 60.5 Å². The van der Waals surface area contributed by atoms with Gasteiger partial charge in [-0.2, -0.15) is 18.4 Å². The van der Waals surface area contributed by atoms with Crippen LogP contribution in [0.1, 0.15) is 51.7 Å². The smallest absolute Gasteiger partial charge is 0.417 e. The number of carbonyl (C=O) groups is 2. The summed E-state index contributed by atoms with van der Waals surface area (Å²) in [6, 6.07) is 4.92. The quantitative estimate of drug-likeness (QED) is 0.707. The average molecular weight is 483 g/mol. The molecule has 1 N–H and O–H groups in total. The van der Waals surface area contributed by atoms with Crippen LogP contribution in [0.3, 0.4) is 0 Å². The number of piperidine rings is 1. The maximum atomic E-state index is 13.3. The summed E-state index contributed by atoms with van der Waals surface area (Å²) in [6.45, 7) is 7.94. The Morgan fingerprint density at radius 2 is 1.85 bits per heavy atom. The molecule has 186 valence electrons. The van der Waals surface area contributed by atoms with Crippen molar-refractivity contribution in [3.63, 3.8) is 0 Å². The highest BCUT2D eigenvalue weighted by molar-refractivity contribution is 5.82. The summed E-state index contributed by atoms with van der Waals surface area (Å²) in [6.07, 6.45) is -5.49. The number of alkyl carbamates (subject to hydrolysis) is 1. The Morgan fingerprint density at radius 1 is 1.21 bits per heavy atom. The highest BCUT2D eigenvalue weighted by atomic mass is 19.4. The molecule has 8 nitrogen and oxygen atoms in total. The van der Waals surface area contributed by atoms with Crippen LogP contribution in [0.25, 0.3) is 0 Å². The van der Waals surface area contributed by atoms with Crippen molar-refractivity contribution in [2.45, 2.75) is 70.7 Å². The predicted octanol–water partition coefficient (Wildman–Crippen LogP) is 3.64. The molecule has 11 heteroatoms. The van der Waals surface area contributed by atoms with Crippen molar-refractivity contribution in [1.29, 1.82) is 5.26 Å². The van der Waals surface area contributed by atoms with Gasteiger partial charge in [0.25, 0.3) is 5.91 Å². The normalized spacial score (nSPS) is 21.8. The number of hydrogen-bond donors (Lipinski definition) is 1. The fraction of sp³-hybridized carbons (Fsp3) is 0.609. The van der Waals surface area contributed by atoms with Gasteiger partial charge in [0.15, 0.2) is 6.10 Å². The minimum atomic E-state index is -4.67. The van der Waals surface area contributed by atoms with Gasteiger partial charge in [-0.25, -0.2) is 4.79 Å². The Labute approximate surface area is 196 Å². The van der Waals surface area contributed by atoms with Gasteiger partial charge in [0.05, 0.1) is 23.7 Å². The Morgan fingerprint density at radius 3 is 2.41 bits per heavy atom. The maximum absolute atomic E-state index is 13.3. The number of anilines is 1. The standard InChI is InChI=1S/C23H29F3N4O4/c1-14-30(17-6-5-15(12-27)18(11-17)23(24,25)26)13-19(33-14)20(31)29-9-7-16(8-10-29)28-21(32)34-22(2,3)4/h5-6,11,14,16,19H,7-10,13H2,1-4H3,(H,28,32)/t14-,19+/m1/s1. The van der Waals surface area contributed by atoms with Crippen LogP contribution in [0.4, 0.5) is 23.7 Å². The molecular weight excluding hydrogens is 453 g/mol. The van der Waals surface area contributed by atoms with Gasteiger partial charge in [-0.3, -0.25) is 4.79 Å². The third kappa shape index (κ3) is 6.11. The number of ether oxygens (including phenoxy) is 2. The Balaban J connectivity index is 1.60. The van der Waals surface area contributed by atoms with Crippen LogP contribution < -0.4 is 10.2 Å². The number of halogens is 3. The first-order valence-electron chi connectivity index (χ1n) is 11.1. The SMILES string of the molecule is C[C@H]1O[C@H](C(=O)N2CCC(NC(=O)OC(C)(C)C)CC2)CN1c1ccc(C#N)c(C(F)(F)F)c1. The third-order valence-electron chi connectivity index (χ3n) is 5.73. The van der Waals surface area contributed by atoms with Crippen LogP contribution in [0.15, 0.2) is 18.2 Å². The molecule has 2 amide bonds. The van der Waals surface area contributed by atoms with E-state index < -0.39 is 41.3 Å². The number of likely N-dealkylation sites (tertiary alicyclic amines) is 1. The third-order valence-corrected chi connectivity index (χ3v) is 5.73. The predicted molar refractivity (Wildman–Crippen MR) is 117 cm³/mol. The van der Waals surface area contributed by atoms with E-state index in [2.05, 4.69) is 5.32 Å². The first-order valence-corrected chi connectivity index (χ1v) is 11.1. The fourth-order valence-electron chi connectivity index (χ4n) is 4.10. The highest BCUT2D eigenvalue weighted by Gasteiger charge is 2.40. The molecule has 2 atom stereocenters. The average Bonchev–Trinajstić information content (AvgIpc) is 3.13. The summed E-state index contributed by atoms with van der Waals surface area (Å²) in [7, 11) is 0. The van der Waals surface area contributed by atoms with Gasteiger partial charge < -0.3 is 24.6 Å². The number of alkyl halides is 3. The van der Waals surface area contributed by atoms with E-state index in [0.717, 1.165) is 12.1 Å². The molecule has 0 saturated carbocycles. The number of nitrogens with one attached hydrogen (secondary N) is 1. The van der Waals surface area contributed by atoms with Gasteiger partial charge in [0, 0.05) is 24.8 Å². The summed E-state index contributed by atoms with van der Waals surface area (Å²) < 4.78 is 51.1. The zero-order valence-electron chi connectivity index (χ0n) is 19.6. The van der Waals surface area contributed by atoms with Gasteiger partial charge in [-0.15, -0.1) is 0 Å². The van der Waals surface area contributed by atoms with Crippen molar-refractivity contribution in [2.75, 3.05) is 24.5 Å². The lowest BCUT2D eigenvalue weighted by molar-refractivity contribution is -0.143. The molecule has 2 aliphatic heterocycles. The van der Waals surface area contributed by atoms with Crippen molar-refractivity contribution in [2.24, 2.45) is 0 Å². The second-order valence-corrected chi connectivity index (χ2v) is 9.46. The summed E-state index contributed by atoms with van der Waals surface area (Å²) in [5, 5.41) is 11.8. The zero-order chi connectivity index (χ0) is 25.3. The molecule has 0 spiro atoms. The lowest BCUT2D eigenvalue weighted by Gasteiger charge is -2.33. The van der Waals surface area contributed by atoms with Crippen LogP contribution in [0.5, 0.6) is 0 Å². The van der Waals surface area contributed by atoms with Crippen molar-refractivity contribution >= 4 is 17.7 Å². The van der Waals surface area contributed by atoms with E-state index in [1.807, 2.05) is 0 Å². The number of hydrogen-bond acceptors (Lipinski definition) is 6. The molecule has 3 rings (SSSR count). The van der Waals surface area contributed by atoms with E-state index >= 15 is 0 Å². The molecule has 2 heterocycles. The fourth-order valence-corrected chi connectivity index (χ4v) is 4.10. The molecule has 0 unspecified atom stereocenters. The number of rotatable bonds is 3. The molecule has 1 aromatic carbocycles. The molecule has 34 heavy (non-hydrogen) atoms. The van der Waals surface area contributed by atoms with Gasteiger partial charge in [0.2, 0.25) is 0 Å². The van der Waals surface area contributed by atoms with Crippen molar-refractivity contribution in [3.05, 3.63) is 29.3 Å². The van der Waals surface area contributed by atoms with Crippen molar-refractivity contribution in [1.82, 2.24) is 10.2 Å². The first-order chi connectivity index (χ1) is 15.8. The second-order valence-electron chi connectivity index (χ2n) is 9.46. The van der Waals surface area contributed by atoms with E-state index in [0.29, 0.717) is 25.9 Å². The molecule has 0 bridgehead atoms. The molecule has 2 saturated heterocycles. The molecule has 0 aliphatic carbocycles. The van der Waals surface area contributed by atoms with Crippen LogP contribution in [-0.2, 0) is 20.4 Å². The van der Waals surface area contributed by atoms with Crippen LogP contribution in [0.2, 0.25) is 0 Å². The Bertz CT molecular complexity index is 962. The lowest BCUT2D eigenvalue weighted by Crippen LogP contribution is -2.50. The highest BCUT2D eigenvalue weighted by Crippen LogP contribution is 2.36. The largest absolute Gasteiger partial charge is 0.444 e. The van der Waals surface area contributed by atoms with E-state index in [1.54, 1.807) is 43.6 Å². The van der Waals surface area contributed by atoms with Crippen LogP contribution >= 0.6 is 0 Å². The summed E-state index contributed by atoms with van der Waals surface area (Å²) in [5.41, 5.74) is -1.85. The molecule has 2 aliphatic rings. The molecular formula is C23H29F3N4O4. The molecule has 0 radical (unpaired) electrons. The van der Waals surface area contributed by atoms with E-state index in [4.69, 9.17) is 14.7 Å². The van der Waals surface area contributed by atoms with Gasteiger partial charge in [-0.05, 0) is 58.7 Å². The van der Waals surface area contributed by atoms with Gasteiger partial charge in [0.1, 0.15) is 11.8 Å². The molecule has 1 aromatic rings. The number of benzene rings is 1. The van der Waals surface area contributed by atoms with Crippen LogP contribution in [0, 0.1) is 11.3 Å². The van der Waals surface area contributed by atoms with E-state index in [-0.39, 0.29) is 24.2 Å². The number of nitrogens with zero attached hydrogens (tertiary/aromatic N) is 3. The second kappa shape index (κ2) is 9.70. The summed E-state index contributed by atoms with van der Waals surface area (Å²) >= 11 is 0. The minimum absolute atomic E-state index is 0.0965. The van der Waals surface area contributed by atoms with Crippen molar-refractivity contribution < 1.29 is 32.2 Å². The topological polar surface area (TPSA) is 94.9 Å². The number of carbonyl (C=O) groups excluding carboxylic acids is 2. The maximum Gasteiger partial charge on any atom is 0.417 e. The first kappa shape index (κ1) is 25.6. The van der Waals surface area contributed by atoms with Gasteiger partial charge in [-0.1, -0.05) is 0 Å². The minimum Gasteiger partial charge on any atom is -0.444 e. The van der Waals surface area contributed by atoms with Gasteiger partial charge >= 0.3 is 12.3 Å². The number of nitriles is 1. The number of amides is 2. The zero-order valence-corrected chi connectivity index (χ0v) is 19.6. The summed E-state index contributed by atoms with van der Waals surface area (Å²) in [4.78, 5) is 28.2. The van der Waals surface area contributed by atoms with E-state index in [9.17, 15) is 22.8 Å². The molecule has 2 fully saturated rings. The summed E-state index contributed by atoms with van der Waals surface area (Å²) in [5.74, 6) is -0.241. The monoisotopic (exact) mass is 482 g/mol. The van der Waals surface area contributed by atoms with Crippen molar-refractivity contribution in [3.8, 4) is 6.07 Å². The van der Waals surface area contributed by atoms with E-state index in [1.165, 1.54) is 6.07 Å².